The number of hydrogen-bond donors (Lipinski definition) is 1. The fraction of sp³-hybridized carbons (Fsp3) is 0.538. The van der Waals surface area contributed by atoms with Gasteiger partial charge >= 0.3 is 0 Å². The van der Waals surface area contributed by atoms with Crippen LogP contribution >= 0.6 is 0 Å². The first-order valence-electron chi connectivity index (χ1n) is 5.68. The van der Waals surface area contributed by atoms with Gasteiger partial charge in [0.25, 0.3) is 0 Å². The molecule has 0 radical (unpaired) electrons. The highest BCUT2D eigenvalue weighted by molar-refractivity contribution is 5.21. The molecule has 2 atom stereocenters. The Balaban J connectivity index is 1.87. The largest absolute Gasteiger partial charge is 0.372 e. The summed E-state index contributed by atoms with van der Waals surface area (Å²) in [4.78, 5) is 0. The monoisotopic (exact) mass is 205 g/mol. The van der Waals surface area contributed by atoms with E-state index in [1.54, 1.807) is 0 Å². The van der Waals surface area contributed by atoms with Gasteiger partial charge in [0.1, 0.15) is 0 Å². The van der Waals surface area contributed by atoms with E-state index in [1.165, 1.54) is 17.5 Å². The quantitative estimate of drug-likeness (QED) is 0.822. The normalized spacial score (nSPS) is 25.7. The molecule has 0 amide bonds. The van der Waals surface area contributed by atoms with Crippen LogP contribution in [-0.2, 0) is 11.3 Å². The van der Waals surface area contributed by atoms with Crippen molar-refractivity contribution in [2.75, 3.05) is 0 Å². The summed E-state index contributed by atoms with van der Waals surface area (Å²) in [5, 5.41) is 0. The van der Waals surface area contributed by atoms with Crippen LogP contribution in [0.5, 0.6) is 0 Å². The summed E-state index contributed by atoms with van der Waals surface area (Å²) >= 11 is 0. The van der Waals surface area contributed by atoms with Crippen molar-refractivity contribution in [2.45, 2.75) is 44.9 Å². The van der Waals surface area contributed by atoms with Crippen molar-refractivity contribution < 1.29 is 4.74 Å². The van der Waals surface area contributed by atoms with E-state index in [9.17, 15) is 0 Å². The van der Waals surface area contributed by atoms with Gasteiger partial charge in [-0.2, -0.15) is 0 Å². The van der Waals surface area contributed by atoms with Crippen molar-refractivity contribution in [1.82, 2.24) is 0 Å². The average molecular weight is 205 g/mol. The van der Waals surface area contributed by atoms with Gasteiger partial charge in [0.15, 0.2) is 0 Å². The van der Waals surface area contributed by atoms with Crippen molar-refractivity contribution >= 4 is 0 Å². The lowest BCUT2D eigenvalue weighted by Crippen LogP contribution is -2.31. The molecule has 0 aromatic heterocycles. The maximum atomic E-state index is 5.95. The molecule has 1 aliphatic rings. The van der Waals surface area contributed by atoms with E-state index >= 15 is 0 Å². The first-order chi connectivity index (χ1) is 7.25. The van der Waals surface area contributed by atoms with Crippen molar-refractivity contribution in [3.8, 4) is 0 Å². The highest BCUT2D eigenvalue weighted by atomic mass is 16.5. The van der Waals surface area contributed by atoms with Gasteiger partial charge in [-0.25, -0.2) is 0 Å². The molecule has 1 fully saturated rings. The summed E-state index contributed by atoms with van der Waals surface area (Å²) in [6.07, 6.45) is 3.70. The zero-order chi connectivity index (χ0) is 10.7. The lowest BCUT2D eigenvalue weighted by molar-refractivity contribution is 0.0357. The third-order valence-corrected chi connectivity index (χ3v) is 3.05. The maximum Gasteiger partial charge on any atom is 0.0730 e. The molecule has 1 saturated carbocycles. The second-order valence-electron chi connectivity index (χ2n) is 4.43. The number of nitrogens with two attached hydrogens (primary N) is 1. The Hall–Kier alpha value is -0.860. The standard InChI is InChI=1S/C13H19NO/c1-10-4-2-5-11(8-10)9-15-13-7-3-6-12(13)14/h2,4-5,8,12-13H,3,6-7,9,14H2,1H3. The van der Waals surface area contributed by atoms with E-state index in [2.05, 4.69) is 31.2 Å². The van der Waals surface area contributed by atoms with E-state index in [0.717, 1.165) is 12.8 Å². The molecule has 15 heavy (non-hydrogen) atoms. The molecule has 2 unspecified atom stereocenters. The molecule has 0 aliphatic heterocycles. The predicted octanol–water partition coefficient (Wildman–Crippen LogP) is 2.39. The summed E-state index contributed by atoms with van der Waals surface area (Å²) in [7, 11) is 0. The average Bonchev–Trinajstić information content (AvgIpc) is 2.61. The molecule has 82 valence electrons. The van der Waals surface area contributed by atoms with Gasteiger partial charge in [-0.1, -0.05) is 29.8 Å². The van der Waals surface area contributed by atoms with Crippen molar-refractivity contribution in [2.24, 2.45) is 5.73 Å². The molecule has 0 bridgehead atoms. The second-order valence-corrected chi connectivity index (χ2v) is 4.43. The minimum Gasteiger partial charge on any atom is -0.372 e. The van der Waals surface area contributed by atoms with Gasteiger partial charge in [0, 0.05) is 6.04 Å². The third kappa shape index (κ3) is 2.80. The Labute approximate surface area is 91.4 Å². The van der Waals surface area contributed by atoms with Crippen molar-refractivity contribution in [1.29, 1.82) is 0 Å². The Morgan fingerprint density at radius 1 is 1.40 bits per heavy atom. The van der Waals surface area contributed by atoms with E-state index in [0.29, 0.717) is 6.61 Å². The Kier molecular flexibility index (Phi) is 3.39. The minimum atomic E-state index is 0.245. The Bertz CT molecular complexity index is 324. The van der Waals surface area contributed by atoms with E-state index in [-0.39, 0.29) is 12.1 Å². The van der Waals surface area contributed by atoms with Gasteiger partial charge in [-0.15, -0.1) is 0 Å². The number of aryl methyl sites for hydroxylation is 1. The smallest absolute Gasteiger partial charge is 0.0730 e. The van der Waals surface area contributed by atoms with Gasteiger partial charge in [-0.3, -0.25) is 0 Å². The van der Waals surface area contributed by atoms with Crippen molar-refractivity contribution in [3.05, 3.63) is 35.4 Å². The Morgan fingerprint density at radius 2 is 2.27 bits per heavy atom. The van der Waals surface area contributed by atoms with Crippen LogP contribution in [0.25, 0.3) is 0 Å². The van der Waals surface area contributed by atoms with Gasteiger partial charge in [0.05, 0.1) is 12.7 Å². The molecule has 2 heteroatoms. The predicted molar refractivity (Wildman–Crippen MR) is 61.6 cm³/mol. The molecule has 0 heterocycles. The first kappa shape index (κ1) is 10.7. The van der Waals surface area contributed by atoms with Gasteiger partial charge < -0.3 is 10.5 Å². The lowest BCUT2D eigenvalue weighted by Gasteiger charge is -2.16. The topological polar surface area (TPSA) is 35.2 Å². The number of benzene rings is 1. The Morgan fingerprint density at radius 3 is 2.93 bits per heavy atom. The highest BCUT2D eigenvalue weighted by Crippen LogP contribution is 2.21. The number of hydrogen-bond acceptors (Lipinski definition) is 2. The maximum absolute atomic E-state index is 5.95. The van der Waals surface area contributed by atoms with Crippen LogP contribution in [0.3, 0.4) is 0 Å². The fourth-order valence-electron chi connectivity index (χ4n) is 2.17. The van der Waals surface area contributed by atoms with Crippen LogP contribution in [-0.4, -0.2) is 12.1 Å². The van der Waals surface area contributed by atoms with E-state index in [4.69, 9.17) is 10.5 Å². The van der Waals surface area contributed by atoms with Crippen molar-refractivity contribution in [3.63, 3.8) is 0 Å². The minimum absolute atomic E-state index is 0.245. The fourth-order valence-corrected chi connectivity index (χ4v) is 2.17. The summed E-state index contributed by atoms with van der Waals surface area (Å²) in [6.45, 7) is 2.80. The zero-order valence-electron chi connectivity index (χ0n) is 9.28. The first-order valence-corrected chi connectivity index (χ1v) is 5.68. The molecule has 2 rings (SSSR count). The molecule has 2 nitrogen and oxygen atoms in total. The molecule has 1 aromatic carbocycles. The van der Waals surface area contributed by atoms with Crippen LogP contribution in [0.2, 0.25) is 0 Å². The third-order valence-electron chi connectivity index (χ3n) is 3.05. The van der Waals surface area contributed by atoms with Gasteiger partial charge in [0.2, 0.25) is 0 Å². The number of rotatable bonds is 3. The molecule has 1 aliphatic carbocycles. The molecule has 1 aromatic rings. The summed E-state index contributed by atoms with van der Waals surface area (Å²) < 4.78 is 5.83. The summed E-state index contributed by atoms with van der Waals surface area (Å²) in [5.41, 5.74) is 8.48. The zero-order valence-corrected chi connectivity index (χ0v) is 9.28. The molecule has 2 N–H and O–H groups in total. The molecular weight excluding hydrogens is 186 g/mol. The van der Waals surface area contributed by atoms with Crippen LogP contribution < -0.4 is 5.73 Å². The summed E-state index contributed by atoms with van der Waals surface area (Å²) in [5.74, 6) is 0. The van der Waals surface area contributed by atoms with Crippen LogP contribution in [0, 0.1) is 6.92 Å². The molecule has 0 spiro atoms. The number of ether oxygens (including phenoxy) is 1. The van der Waals surface area contributed by atoms with Gasteiger partial charge in [-0.05, 0) is 31.7 Å². The van der Waals surface area contributed by atoms with E-state index in [1.807, 2.05) is 0 Å². The molecular formula is C13H19NO. The van der Waals surface area contributed by atoms with Crippen LogP contribution in [0.15, 0.2) is 24.3 Å². The highest BCUT2D eigenvalue weighted by Gasteiger charge is 2.24. The SMILES string of the molecule is Cc1cccc(COC2CCCC2N)c1. The van der Waals surface area contributed by atoms with E-state index < -0.39 is 0 Å². The van der Waals surface area contributed by atoms with Crippen LogP contribution in [0.1, 0.15) is 30.4 Å². The molecule has 0 saturated heterocycles. The van der Waals surface area contributed by atoms with Crippen LogP contribution in [0.4, 0.5) is 0 Å². The summed E-state index contributed by atoms with van der Waals surface area (Å²) in [6, 6.07) is 8.69. The second kappa shape index (κ2) is 4.77. The lowest BCUT2D eigenvalue weighted by atomic mass is 10.1.